The largest absolute Gasteiger partial charge is 0.433 e. The molecule has 2 N–H and O–H groups in total. The molecule has 17 heavy (non-hydrogen) atoms. The summed E-state index contributed by atoms with van der Waals surface area (Å²) < 4.78 is 6.43. The lowest BCUT2D eigenvalue weighted by Crippen LogP contribution is -2.66. The predicted octanol–water partition coefficient (Wildman–Crippen LogP) is 3.18. The van der Waals surface area contributed by atoms with Crippen LogP contribution in [0.3, 0.4) is 0 Å². The molecule has 3 nitrogen and oxygen atoms in total. The summed E-state index contributed by atoms with van der Waals surface area (Å²) in [5.74, 6) is 0. The molecule has 0 aliphatic rings. The first-order chi connectivity index (χ1) is 7.12. The first-order valence-electron chi connectivity index (χ1n) is 6.41. The Hall–Kier alpha value is 0.314. The Labute approximate surface area is 110 Å². The standard InChI is InChI=1S/C12H32N2OSi2/c1-11(2,3)13-16(7,8)15-17(9,10)14-12(4,5)6/h13-14H,1-10H3. The maximum absolute atomic E-state index is 6.43. The minimum Gasteiger partial charge on any atom is -0.433 e. The van der Waals surface area contributed by atoms with Crippen LogP contribution in [0.2, 0.25) is 26.2 Å². The van der Waals surface area contributed by atoms with E-state index in [1.807, 2.05) is 0 Å². The number of rotatable bonds is 4. The molecule has 0 rings (SSSR count). The van der Waals surface area contributed by atoms with Gasteiger partial charge in [-0.25, -0.2) is 0 Å². The lowest BCUT2D eigenvalue weighted by Gasteiger charge is -2.41. The van der Waals surface area contributed by atoms with Crippen molar-refractivity contribution in [2.24, 2.45) is 0 Å². The minimum absolute atomic E-state index is 0.113. The van der Waals surface area contributed by atoms with Gasteiger partial charge in [0.05, 0.1) is 0 Å². The van der Waals surface area contributed by atoms with Gasteiger partial charge in [0.2, 0.25) is 0 Å². The number of hydrogen-bond donors (Lipinski definition) is 2. The summed E-state index contributed by atoms with van der Waals surface area (Å²) in [5.41, 5.74) is 0.226. The Bertz CT molecular complexity index is 226. The van der Waals surface area contributed by atoms with Crippen LogP contribution in [0.25, 0.3) is 0 Å². The van der Waals surface area contributed by atoms with E-state index in [0.29, 0.717) is 0 Å². The molecule has 0 amide bonds. The molecule has 104 valence electrons. The molecular weight excluding hydrogens is 244 g/mol. The van der Waals surface area contributed by atoms with Gasteiger partial charge in [0.1, 0.15) is 0 Å². The van der Waals surface area contributed by atoms with Gasteiger partial charge in [-0.15, -0.1) is 0 Å². The van der Waals surface area contributed by atoms with Gasteiger partial charge in [0.25, 0.3) is 17.0 Å². The van der Waals surface area contributed by atoms with E-state index in [1.54, 1.807) is 0 Å². The highest BCUT2D eigenvalue weighted by Gasteiger charge is 2.37. The molecule has 0 fully saturated rings. The second kappa shape index (κ2) is 5.13. The highest BCUT2D eigenvalue weighted by atomic mass is 28.4. The van der Waals surface area contributed by atoms with E-state index in [1.165, 1.54) is 0 Å². The maximum Gasteiger partial charge on any atom is 0.253 e. The Morgan fingerprint density at radius 1 is 0.647 bits per heavy atom. The molecule has 0 spiro atoms. The van der Waals surface area contributed by atoms with Gasteiger partial charge in [0, 0.05) is 11.1 Å². The van der Waals surface area contributed by atoms with Gasteiger partial charge in [-0.1, -0.05) is 0 Å². The van der Waals surface area contributed by atoms with E-state index < -0.39 is 17.0 Å². The molecule has 0 saturated carbocycles. The number of hydrogen-bond acceptors (Lipinski definition) is 3. The van der Waals surface area contributed by atoms with Crippen molar-refractivity contribution in [3.63, 3.8) is 0 Å². The van der Waals surface area contributed by atoms with Crippen molar-refractivity contribution >= 4 is 17.0 Å². The molecule has 0 aliphatic carbocycles. The Balaban J connectivity index is 4.59. The Morgan fingerprint density at radius 3 is 1.06 bits per heavy atom. The molecule has 0 aromatic carbocycles. The van der Waals surface area contributed by atoms with Crippen LogP contribution in [0.5, 0.6) is 0 Å². The van der Waals surface area contributed by atoms with Crippen LogP contribution >= 0.6 is 0 Å². The topological polar surface area (TPSA) is 33.3 Å². The first kappa shape index (κ1) is 17.3. The van der Waals surface area contributed by atoms with Crippen LogP contribution in [0.4, 0.5) is 0 Å². The molecule has 0 bridgehead atoms. The van der Waals surface area contributed by atoms with E-state index in [4.69, 9.17) is 4.12 Å². The third kappa shape index (κ3) is 9.97. The lowest BCUT2D eigenvalue weighted by molar-refractivity contribution is 0.408. The van der Waals surface area contributed by atoms with Gasteiger partial charge in [-0.05, 0) is 67.7 Å². The SMILES string of the molecule is CC(C)(C)N[Si](C)(C)O[Si](C)(C)NC(C)(C)C. The summed E-state index contributed by atoms with van der Waals surface area (Å²) in [7, 11) is -3.65. The van der Waals surface area contributed by atoms with Crippen molar-refractivity contribution < 1.29 is 4.12 Å². The smallest absolute Gasteiger partial charge is 0.253 e. The van der Waals surface area contributed by atoms with Gasteiger partial charge < -0.3 is 14.1 Å². The summed E-state index contributed by atoms with van der Waals surface area (Å²) in [5, 5.41) is 0. The highest BCUT2D eigenvalue weighted by Crippen LogP contribution is 2.16. The van der Waals surface area contributed by atoms with E-state index in [9.17, 15) is 0 Å². The van der Waals surface area contributed by atoms with Crippen molar-refractivity contribution in [2.45, 2.75) is 78.8 Å². The monoisotopic (exact) mass is 276 g/mol. The Morgan fingerprint density at radius 2 is 0.882 bits per heavy atom. The van der Waals surface area contributed by atoms with Crippen LogP contribution in [0.1, 0.15) is 41.5 Å². The minimum atomic E-state index is -1.82. The fourth-order valence-corrected chi connectivity index (χ4v) is 11.6. The van der Waals surface area contributed by atoms with E-state index in [0.717, 1.165) is 0 Å². The fraction of sp³-hybridized carbons (Fsp3) is 1.00. The van der Waals surface area contributed by atoms with Crippen LogP contribution in [0, 0.1) is 0 Å². The molecule has 0 radical (unpaired) electrons. The second-order valence-electron chi connectivity index (χ2n) is 7.87. The van der Waals surface area contributed by atoms with Gasteiger partial charge >= 0.3 is 0 Å². The average Bonchev–Trinajstić information content (AvgIpc) is 1.65. The normalized spacial score (nSPS) is 15.2. The average molecular weight is 277 g/mol. The molecule has 0 aromatic heterocycles. The third-order valence-electron chi connectivity index (χ3n) is 1.86. The zero-order chi connectivity index (χ0) is 14.1. The van der Waals surface area contributed by atoms with Crippen molar-refractivity contribution in [3.8, 4) is 0 Å². The maximum atomic E-state index is 6.43. The van der Waals surface area contributed by atoms with Crippen LogP contribution in [-0.2, 0) is 4.12 Å². The van der Waals surface area contributed by atoms with Gasteiger partial charge in [-0.3, -0.25) is 0 Å². The molecule has 0 unspecified atom stereocenters. The van der Waals surface area contributed by atoms with Crippen LogP contribution < -0.4 is 9.96 Å². The zero-order valence-corrected chi connectivity index (χ0v) is 15.4. The Kier molecular flexibility index (Phi) is 5.22. The molecular formula is C12H32N2OSi2. The van der Waals surface area contributed by atoms with Crippen LogP contribution in [0.15, 0.2) is 0 Å². The third-order valence-corrected chi connectivity index (χ3v) is 8.65. The summed E-state index contributed by atoms with van der Waals surface area (Å²) in [6, 6.07) is 0. The van der Waals surface area contributed by atoms with Gasteiger partial charge in [0.15, 0.2) is 0 Å². The molecule has 0 aromatic rings. The molecule has 0 atom stereocenters. The van der Waals surface area contributed by atoms with Crippen molar-refractivity contribution in [1.29, 1.82) is 0 Å². The summed E-state index contributed by atoms with van der Waals surface area (Å²) in [6.45, 7) is 22.1. The second-order valence-corrected chi connectivity index (χ2v) is 15.2. The summed E-state index contributed by atoms with van der Waals surface area (Å²) in [6.07, 6.45) is 0. The lowest BCUT2D eigenvalue weighted by atomic mass is 10.1. The molecule has 0 aliphatic heterocycles. The summed E-state index contributed by atoms with van der Waals surface area (Å²) >= 11 is 0. The molecule has 0 saturated heterocycles. The number of nitrogens with one attached hydrogen (secondary N) is 2. The molecule has 5 heteroatoms. The first-order valence-corrected chi connectivity index (χ1v) is 12.2. The predicted molar refractivity (Wildman–Crippen MR) is 81.8 cm³/mol. The summed E-state index contributed by atoms with van der Waals surface area (Å²) in [4.78, 5) is 7.30. The van der Waals surface area contributed by atoms with Gasteiger partial charge in [-0.2, -0.15) is 0 Å². The molecule has 0 heterocycles. The van der Waals surface area contributed by atoms with E-state index in [-0.39, 0.29) is 11.1 Å². The van der Waals surface area contributed by atoms with Crippen molar-refractivity contribution in [1.82, 2.24) is 9.96 Å². The van der Waals surface area contributed by atoms with Crippen molar-refractivity contribution in [3.05, 3.63) is 0 Å². The van der Waals surface area contributed by atoms with E-state index >= 15 is 0 Å². The zero-order valence-electron chi connectivity index (χ0n) is 13.4. The van der Waals surface area contributed by atoms with Crippen LogP contribution in [-0.4, -0.2) is 28.0 Å². The van der Waals surface area contributed by atoms with Crippen molar-refractivity contribution in [2.75, 3.05) is 0 Å². The highest BCUT2D eigenvalue weighted by molar-refractivity contribution is 6.82. The quantitative estimate of drug-likeness (QED) is 0.774. The van der Waals surface area contributed by atoms with E-state index in [2.05, 4.69) is 77.7 Å². The fourth-order valence-electron chi connectivity index (χ4n) is 2.50.